The summed E-state index contributed by atoms with van der Waals surface area (Å²) in [7, 11) is 0. The van der Waals surface area contributed by atoms with Gasteiger partial charge in [-0.1, -0.05) is 18.2 Å². The van der Waals surface area contributed by atoms with Gasteiger partial charge in [-0.05, 0) is 6.07 Å². The quantitative estimate of drug-likeness (QED) is 0.568. The first-order valence-electron chi connectivity index (χ1n) is 3.51. The molecule has 1 heterocycles. The number of ketones is 1. The van der Waals surface area contributed by atoms with E-state index in [1.54, 1.807) is 24.3 Å². The highest BCUT2D eigenvalue weighted by Gasteiger charge is 2.18. The van der Waals surface area contributed by atoms with Crippen LogP contribution in [0.4, 0.5) is 0 Å². The number of rotatable bonds is 0. The molecule has 58 valence electrons. The molecule has 0 N–H and O–H groups in total. The fraction of sp³-hybridized carbons (Fsp3) is 0. The topological polar surface area (TPSA) is 46.5 Å². The Balaban J connectivity index is 2.69. The van der Waals surface area contributed by atoms with Gasteiger partial charge in [0.2, 0.25) is 5.78 Å². The highest BCUT2D eigenvalue weighted by atomic mass is 16.2. The molecule has 0 aliphatic carbocycles. The van der Waals surface area contributed by atoms with Gasteiger partial charge in [-0.3, -0.25) is 9.59 Å². The molecule has 1 aliphatic rings. The molecule has 1 aliphatic heterocycles. The summed E-state index contributed by atoms with van der Waals surface area (Å²) in [6, 6.07) is 6.67. The Labute approximate surface area is 68.7 Å². The van der Waals surface area contributed by atoms with Gasteiger partial charge in [-0.25, -0.2) is 4.99 Å². The Hall–Kier alpha value is -1.77. The number of Topliss-reactive ketones (excluding diaryl/α,β-unsaturated/α-hetero) is 1. The van der Waals surface area contributed by atoms with Gasteiger partial charge in [0.05, 0.1) is 11.8 Å². The molecular formula is C9H5NO2. The standard InChI is InChI=1S/C9H5NO2/c11-8-5-10-9(12)7-4-2-1-3-6(7)8/h1-5H. The van der Waals surface area contributed by atoms with E-state index >= 15 is 0 Å². The predicted molar refractivity (Wildman–Crippen MR) is 43.6 cm³/mol. The summed E-state index contributed by atoms with van der Waals surface area (Å²) in [5.41, 5.74) is 0.836. The van der Waals surface area contributed by atoms with Crippen molar-refractivity contribution in [3.05, 3.63) is 35.4 Å². The van der Waals surface area contributed by atoms with Gasteiger partial charge in [0.1, 0.15) is 0 Å². The Kier molecular flexibility index (Phi) is 1.37. The van der Waals surface area contributed by atoms with Crippen molar-refractivity contribution in [2.75, 3.05) is 0 Å². The molecule has 0 unspecified atom stereocenters. The monoisotopic (exact) mass is 159 g/mol. The van der Waals surface area contributed by atoms with Crippen molar-refractivity contribution < 1.29 is 9.59 Å². The number of amides is 1. The lowest BCUT2D eigenvalue weighted by Gasteiger charge is -2.05. The SMILES string of the molecule is O=C1C=NC(=O)c2ccccc21. The lowest BCUT2D eigenvalue weighted by atomic mass is 10.0. The molecule has 1 amide bonds. The molecule has 0 fully saturated rings. The van der Waals surface area contributed by atoms with Crippen molar-refractivity contribution in [3.63, 3.8) is 0 Å². The molecule has 3 nitrogen and oxygen atoms in total. The molecule has 0 atom stereocenters. The van der Waals surface area contributed by atoms with E-state index in [4.69, 9.17) is 0 Å². The second kappa shape index (κ2) is 2.37. The number of nitrogens with zero attached hydrogens (tertiary/aromatic N) is 1. The zero-order valence-corrected chi connectivity index (χ0v) is 6.15. The van der Waals surface area contributed by atoms with Gasteiger partial charge in [0.15, 0.2) is 0 Å². The van der Waals surface area contributed by atoms with Crippen LogP contribution < -0.4 is 0 Å². The second-order valence-electron chi connectivity index (χ2n) is 2.47. The third-order valence-corrected chi connectivity index (χ3v) is 1.72. The molecule has 12 heavy (non-hydrogen) atoms. The van der Waals surface area contributed by atoms with Crippen LogP contribution in [0.15, 0.2) is 29.3 Å². The Morgan fingerprint density at radius 3 is 2.33 bits per heavy atom. The van der Waals surface area contributed by atoms with Crippen LogP contribution in [-0.4, -0.2) is 17.9 Å². The third-order valence-electron chi connectivity index (χ3n) is 1.72. The average Bonchev–Trinajstić information content (AvgIpc) is 2.12. The van der Waals surface area contributed by atoms with Gasteiger partial charge in [-0.15, -0.1) is 0 Å². The first-order valence-corrected chi connectivity index (χ1v) is 3.51. The minimum Gasteiger partial charge on any atom is -0.288 e. The number of carbonyl (C=O) groups excluding carboxylic acids is 2. The van der Waals surface area contributed by atoms with Crippen LogP contribution in [0.1, 0.15) is 20.7 Å². The highest BCUT2D eigenvalue weighted by molar-refractivity contribution is 6.41. The number of benzene rings is 1. The summed E-state index contributed by atoms with van der Waals surface area (Å²) in [5.74, 6) is -0.546. The molecule has 1 aromatic carbocycles. The maximum Gasteiger partial charge on any atom is 0.277 e. The van der Waals surface area contributed by atoms with E-state index in [1.807, 2.05) is 0 Å². The second-order valence-corrected chi connectivity index (χ2v) is 2.47. The van der Waals surface area contributed by atoms with Crippen LogP contribution in [-0.2, 0) is 0 Å². The van der Waals surface area contributed by atoms with E-state index in [-0.39, 0.29) is 11.7 Å². The van der Waals surface area contributed by atoms with Gasteiger partial charge >= 0.3 is 0 Å². The van der Waals surface area contributed by atoms with E-state index in [0.717, 1.165) is 6.21 Å². The Morgan fingerprint density at radius 2 is 1.67 bits per heavy atom. The fourth-order valence-electron chi connectivity index (χ4n) is 1.14. The number of fused-ring (bicyclic) bond motifs is 1. The third kappa shape index (κ3) is 0.871. The van der Waals surface area contributed by atoms with Gasteiger partial charge in [0.25, 0.3) is 5.91 Å². The van der Waals surface area contributed by atoms with Crippen molar-refractivity contribution in [2.45, 2.75) is 0 Å². The smallest absolute Gasteiger partial charge is 0.277 e. The zero-order chi connectivity index (χ0) is 8.55. The molecule has 0 spiro atoms. The van der Waals surface area contributed by atoms with Gasteiger partial charge < -0.3 is 0 Å². The van der Waals surface area contributed by atoms with Crippen LogP contribution in [0.2, 0.25) is 0 Å². The van der Waals surface area contributed by atoms with Gasteiger partial charge in [0, 0.05) is 5.56 Å². The summed E-state index contributed by atoms with van der Waals surface area (Å²) in [6.07, 6.45) is 1.06. The van der Waals surface area contributed by atoms with Crippen LogP contribution in [0.25, 0.3) is 0 Å². The molecule has 0 bridgehead atoms. The Morgan fingerprint density at radius 1 is 1.00 bits per heavy atom. The number of aliphatic imine (C=N–C) groups is 1. The van der Waals surface area contributed by atoms with Crippen LogP contribution in [0.3, 0.4) is 0 Å². The number of hydrogen-bond acceptors (Lipinski definition) is 2. The lowest BCUT2D eigenvalue weighted by molar-refractivity contribution is 0.0976. The lowest BCUT2D eigenvalue weighted by Crippen LogP contribution is -2.14. The van der Waals surface area contributed by atoms with Crippen LogP contribution in [0, 0.1) is 0 Å². The van der Waals surface area contributed by atoms with Gasteiger partial charge in [-0.2, -0.15) is 0 Å². The molecule has 2 rings (SSSR count). The van der Waals surface area contributed by atoms with Crippen molar-refractivity contribution >= 4 is 17.9 Å². The molecule has 3 heteroatoms. The molecule has 0 radical (unpaired) electrons. The minimum absolute atomic E-state index is 0.204. The summed E-state index contributed by atoms with van der Waals surface area (Å²) in [6.45, 7) is 0. The van der Waals surface area contributed by atoms with Crippen molar-refractivity contribution in [3.8, 4) is 0 Å². The normalized spacial score (nSPS) is 14.7. The summed E-state index contributed by atoms with van der Waals surface area (Å²) in [4.78, 5) is 25.6. The van der Waals surface area contributed by atoms with Crippen LogP contribution >= 0.6 is 0 Å². The summed E-state index contributed by atoms with van der Waals surface area (Å²) >= 11 is 0. The molecular weight excluding hydrogens is 154 g/mol. The molecule has 1 aromatic rings. The maximum absolute atomic E-state index is 11.1. The summed E-state index contributed by atoms with van der Waals surface area (Å²) in [5, 5.41) is 0. The van der Waals surface area contributed by atoms with E-state index in [2.05, 4.69) is 4.99 Å². The van der Waals surface area contributed by atoms with E-state index in [0.29, 0.717) is 11.1 Å². The Bertz CT molecular complexity index is 356. The van der Waals surface area contributed by atoms with Crippen molar-refractivity contribution in [2.24, 2.45) is 4.99 Å². The minimum atomic E-state index is -0.342. The first kappa shape index (κ1) is 6.91. The van der Waals surface area contributed by atoms with Crippen molar-refractivity contribution in [1.82, 2.24) is 0 Å². The summed E-state index contributed by atoms with van der Waals surface area (Å²) < 4.78 is 0. The van der Waals surface area contributed by atoms with Crippen molar-refractivity contribution in [1.29, 1.82) is 0 Å². The highest BCUT2D eigenvalue weighted by Crippen LogP contribution is 2.13. The molecule has 0 saturated heterocycles. The average molecular weight is 159 g/mol. The van der Waals surface area contributed by atoms with Crippen LogP contribution in [0.5, 0.6) is 0 Å². The molecule has 0 saturated carbocycles. The number of hydrogen-bond donors (Lipinski definition) is 0. The zero-order valence-electron chi connectivity index (χ0n) is 6.15. The molecule has 0 aromatic heterocycles. The van der Waals surface area contributed by atoms with E-state index in [1.165, 1.54) is 0 Å². The fourth-order valence-corrected chi connectivity index (χ4v) is 1.14. The maximum atomic E-state index is 11.1. The largest absolute Gasteiger partial charge is 0.288 e. The van der Waals surface area contributed by atoms with E-state index < -0.39 is 0 Å². The first-order chi connectivity index (χ1) is 5.79. The number of carbonyl (C=O) groups is 2. The van der Waals surface area contributed by atoms with E-state index in [9.17, 15) is 9.59 Å². The predicted octanol–water partition coefficient (Wildman–Crippen LogP) is 1.09.